The SMILES string of the molecule is CC[C@@H](C)n1cc(/C=C(/C#N)C(=O)NCCc2c[nH]c3ccccc23)c2ccccc21. The van der Waals surface area contributed by atoms with Gasteiger partial charge in [-0.1, -0.05) is 43.3 Å². The number of aromatic amines is 1. The molecule has 0 radical (unpaired) electrons. The molecular formula is C26H26N4O. The molecule has 4 rings (SSSR count). The van der Waals surface area contributed by atoms with Gasteiger partial charge in [-0.05, 0) is 43.5 Å². The summed E-state index contributed by atoms with van der Waals surface area (Å²) in [6, 6.07) is 18.6. The number of nitrogens with one attached hydrogen (secondary N) is 2. The lowest BCUT2D eigenvalue weighted by molar-refractivity contribution is -0.117. The summed E-state index contributed by atoms with van der Waals surface area (Å²) in [4.78, 5) is 15.9. The zero-order valence-corrected chi connectivity index (χ0v) is 17.9. The minimum absolute atomic E-state index is 0.117. The van der Waals surface area contributed by atoms with Crippen molar-refractivity contribution in [2.75, 3.05) is 6.54 Å². The smallest absolute Gasteiger partial charge is 0.261 e. The molecule has 2 N–H and O–H groups in total. The number of benzene rings is 2. The third-order valence-electron chi connectivity index (χ3n) is 5.86. The van der Waals surface area contributed by atoms with Crippen molar-refractivity contribution < 1.29 is 4.79 Å². The molecule has 5 heteroatoms. The topological polar surface area (TPSA) is 73.6 Å². The molecule has 0 aliphatic rings. The molecular weight excluding hydrogens is 384 g/mol. The van der Waals surface area contributed by atoms with Crippen LogP contribution in [0.2, 0.25) is 0 Å². The molecule has 0 unspecified atom stereocenters. The normalized spacial score (nSPS) is 12.7. The Bertz CT molecular complexity index is 1300. The average Bonchev–Trinajstić information content (AvgIpc) is 3.38. The number of H-pyrrole nitrogens is 1. The molecule has 2 aromatic carbocycles. The molecule has 0 fully saturated rings. The predicted molar refractivity (Wildman–Crippen MR) is 126 cm³/mol. The molecule has 0 aliphatic carbocycles. The molecule has 156 valence electrons. The number of rotatable bonds is 7. The molecule has 5 nitrogen and oxygen atoms in total. The Balaban J connectivity index is 1.52. The number of para-hydroxylation sites is 2. The minimum Gasteiger partial charge on any atom is -0.361 e. The van der Waals surface area contributed by atoms with Crippen molar-refractivity contribution in [1.82, 2.24) is 14.9 Å². The van der Waals surface area contributed by atoms with Gasteiger partial charge in [0.25, 0.3) is 5.91 Å². The van der Waals surface area contributed by atoms with Crippen LogP contribution in [0.1, 0.15) is 37.4 Å². The second kappa shape index (κ2) is 8.93. The number of nitrogens with zero attached hydrogens (tertiary/aromatic N) is 2. The third kappa shape index (κ3) is 4.10. The van der Waals surface area contributed by atoms with Crippen LogP contribution in [0, 0.1) is 11.3 Å². The third-order valence-corrected chi connectivity index (χ3v) is 5.86. The lowest BCUT2D eigenvalue weighted by Gasteiger charge is -2.12. The molecule has 31 heavy (non-hydrogen) atoms. The Morgan fingerprint density at radius 2 is 1.94 bits per heavy atom. The molecule has 1 amide bonds. The Morgan fingerprint density at radius 3 is 2.71 bits per heavy atom. The van der Waals surface area contributed by atoms with Crippen LogP contribution in [-0.2, 0) is 11.2 Å². The summed E-state index contributed by atoms with van der Waals surface area (Å²) < 4.78 is 2.21. The van der Waals surface area contributed by atoms with Crippen molar-refractivity contribution in [3.63, 3.8) is 0 Å². The molecule has 0 spiro atoms. The summed E-state index contributed by atoms with van der Waals surface area (Å²) in [5, 5.41) is 14.7. The first-order valence-electron chi connectivity index (χ1n) is 10.7. The highest BCUT2D eigenvalue weighted by molar-refractivity contribution is 6.04. The van der Waals surface area contributed by atoms with Gasteiger partial charge in [0, 0.05) is 52.3 Å². The van der Waals surface area contributed by atoms with E-state index >= 15 is 0 Å². The lowest BCUT2D eigenvalue weighted by atomic mass is 10.1. The Kier molecular flexibility index (Phi) is 5.90. The van der Waals surface area contributed by atoms with Crippen LogP contribution in [0.4, 0.5) is 0 Å². The first kappa shape index (κ1) is 20.5. The zero-order chi connectivity index (χ0) is 21.8. The fourth-order valence-corrected chi connectivity index (χ4v) is 3.96. The van der Waals surface area contributed by atoms with Crippen molar-refractivity contribution in [3.05, 3.63) is 77.6 Å². The number of amides is 1. The summed E-state index contributed by atoms with van der Waals surface area (Å²) >= 11 is 0. The Hall–Kier alpha value is -3.78. The largest absolute Gasteiger partial charge is 0.361 e. The maximum absolute atomic E-state index is 12.7. The van der Waals surface area contributed by atoms with Crippen LogP contribution in [-0.4, -0.2) is 22.0 Å². The molecule has 2 aromatic heterocycles. The predicted octanol–water partition coefficient (Wildman–Crippen LogP) is 5.36. The number of aromatic nitrogens is 2. The average molecular weight is 411 g/mol. The molecule has 0 aliphatic heterocycles. The summed E-state index contributed by atoms with van der Waals surface area (Å²) in [5.74, 6) is -0.345. The van der Waals surface area contributed by atoms with Crippen molar-refractivity contribution in [2.24, 2.45) is 0 Å². The number of nitriles is 1. The van der Waals surface area contributed by atoms with E-state index in [1.54, 1.807) is 6.08 Å². The molecule has 2 heterocycles. The van der Waals surface area contributed by atoms with Gasteiger partial charge in [-0.15, -0.1) is 0 Å². The van der Waals surface area contributed by atoms with E-state index in [9.17, 15) is 10.1 Å². The van der Waals surface area contributed by atoms with E-state index in [1.807, 2.05) is 48.8 Å². The van der Waals surface area contributed by atoms with Gasteiger partial charge in [-0.25, -0.2) is 0 Å². The summed E-state index contributed by atoms with van der Waals surface area (Å²) in [6.07, 6.45) is 7.41. The van der Waals surface area contributed by atoms with E-state index in [1.165, 1.54) is 0 Å². The molecule has 1 atom stereocenters. The quantitative estimate of drug-likeness (QED) is 0.318. The fraction of sp³-hybridized carbons (Fsp3) is 0.231. The summed E-state index contributed by atoms with van der Waals surface area (Å²) in [5.41, 5.74) is 4.35. The lowest BCUT2D eigenvalue weighted by Crippen LogP contribution is -2.26. The van der Waals surface area contributed by atoms with Crippen LogP contribution < -0.4 is 5.32 Å². The molecule has 0 bridgehead atoms. The summed E-state index contributed by atoms with van der Waals surface area (Å²) in [7, 11) is 0. The standard InChI is InChI=1S/C26H26N4O/c1-3-18(2)30-17-21(23-9-5-7-11-25(23)30)14-20(15-27)26(31)28-13-12-19-16-29-24-10-6-4-8-22(19)24/h4-11,14,16-18,29H,3,12-13H2,1-2H3,(H,28,31)/b20-14-/t18-/m1/s1. The van der Waals surface area contributed by atoms with Gasteiger partial charge in [0.15, 0.2) is 0 Å². The van der Waals surface area contributed by atoms with Gasteiger partial charge in [0.1, 0.15) is 11.6 Å². The molecule has 4 aromatic rings. The molecule has 0 saturated heterocycles. The highest BCUT2D eigenvalue weighted by Gasteiger charge is 2.14. The maximum atomic E-state index is 12.7. The minimum atomic E-state index is -0.345. The number of fused-ring (bicyclic) bond motifs is 2. The van der Waals surface area contributed by atoms with E-state index in [0.29, 0.717) is 19.0 Å². The summed E-state index contributed by atoms with van der Waals surface area (Å²) in [6.45, 7) is 4.79. The second-order valence-electron chi connectivity index (χ2n) is 7.80. The van der Waals surface area contributed by atoms with Crippen molar-refractivity contribution in [3.8, 4) is 6.07 Å². The van der Waals surface area contributed by atoms with Gasteiger partial charge in [0.05, 0.1) is 0 Å². The van der Waals surface area contributed by atoms with Crippen molar-refractivity contribution in [1.29, 1.82) is 5.26 Å². The first-order chi connectivity index (χ1) is 15.1. The van der Waals surface area contributed by atoms with Gasteiger partial charge in [0.2, 0.25) is 0 Å². The highest BCUT2D eigenvalue weighted by Crippen LogP contribution is 2.27. The monoisotopic (exact) mass is 410 g/mol. The Labute approximate surface area is 182 Å². The number of carbonyl (C=O) groups excluding carboxylic acids is 1. The number of hydrogen-bond donors (Lipinski definition) is 2. The number of carbonyl (C=O) groups is 1. The fourth-order valence-electron chi connectivity index (χ4n) is 3.96. The van der Waals surface area contributed by atoms with E-state index < -0.39 is 0 Å². The van der Waals surface area contributed by atoms with Gasteiger partial charge < -0.3 is 14.9 Å². The van der Waals surface area contributed by atoms with E-state index in [0.717, 1.165) is 39.4 Å². The van der Waals surface area contributed by atoms with Crippen molar-refractivity contribution >= 4 is 33.8 Å². The van der Waals surface area contributed by atoms with Crippen LogP contribution in [0.3, 0.4) is 0 Å². The van der Waals surface area contributed by atoms with Gasteiger partial charge >= 0.3 is 0 Å². The Morgan fingerprint density at radius 1 is 1.19 bits per heavy atom. The van der Waals surface area contributed by atoms with Gasteiger partial charge in [-0.2, -0.15) is 5.26 Å². The second-order valence-corrected chi connectivity index (χ2v) is 7.80. The zero-order valence-electron chi connectivity index (χ0n) is 17.9. The van der Waals surface area contributed by atoms with Gasteiger partial charge in [-0.3, -0.25) is 4.79 Å². The van der Waals surface area contributed by atoms with Crippen LogP contribution in [0.15, 0.2) is 66.5 Å². The van der Waals surface area contributed by atoms with E-state index in [-0.39, 0.29) is 11.5 Å². The number of hydrogen-bond acceptors (Lipinski definition) is 2. The first-order valence-corrected chi connectivity index (χ1v) is 10.7. The highest BCUT2D eigenvalue weighted by atomic mass is 16.1. The van der Waals surface area contributed by atoms with E-state index in [2.05, 4.69) is 46.9 Å². The maximum Gasteiger partial charge on any atom is 0.261 e. The van der Waals surface area contributed by atoms with Crippen LogP contribution >= 0.6 is 0 Å². The molecule has 0 saturated carbocycles. The van der Waals surface area contributed by atoms with Crippen LogP contribution in [0.5, 0.6) is 0 Å². The van der Waals surface area contributed by atoms with Crippen molar-refractivity contribution in [2.45, 2.75) is 32.7 Å². The van der Waals surface area contributed by atoms with E-state index in [4.69, 9.17) is 0 Å². The van der Waals surface area contributed by atoms with Crippen LogP contribution in [0.25, 0.3) is 27.9 Å².